The van der Waals surface area contributed by atoms with E-state index in [4.69, 9.17) is 9.73 Å². The van der Waals surface area contributed by atoms with Gasteiger partial charge in [0.15, 0.2) is 5.96 Å². The number of methoxy groups -OCH3 is 1. The zero-order valence-corrected chi connectivity index (χ0v) is 20.7. The number of nitrogens with one attached hydrogen (secondary N) is 2. The van der Waals surface area contributed by atoms with Crippen LogP contribution in [-0.2, 0) is 11.2 Å². The summed E-state index contributed by atoms with van der Waals surface area (Å²) < 4.78 is 4.74. The maximum atomic E-state index is 11.5. The van der Waals surface area contributed by atoms with Crippen LogP contribution in [0, 0.1) is 0 Å². The quantitative estimate of drug-likeness (QED) is 0.241. The summed E-state index contributed by atoms with van der Waals surface area (Å²) in [6, 6.07) is 12.3. The third-order valence-corrected chi connectivity index (χ3v) is 5.97. The summed E-state index contributed by atoms with van der Waals surface area (Å²) in [4.78, 5) is 18.7. The normalized spacial score (nSPS) is 14.7. The number of thiophene rings is 1. The maximum absolute atomic E-state index is 11.5. The molecule has 0 atom stereocenters. The summed E-state index contributed by atoms with van der Waals surface area (Å²) in [5.41, 5.74) is 1.73. The number of halogens is 1. The Morgan fingerprint density at radius 2 is 1.97 bits per heavy atom. The number of guanidine groups is 1. The minimum atomic E-state index is -0.307. The number of ether oxygens (including phenoxy) is 1. The summed E-state index contributed by atoms with van der Waals surface area (Å²) in [6.45, 7) is 5.77. The van der Waals surface area contributed by atoms with E-state index >= 15 is 0 Å². The van der Waals surface area contributed by atoms with E-state index in [0.717, 1.165) is 50.4 Å². The van der Waals surface area contributed by atoms with E-state index in [9.17, 15) is 4.79 Å². The average Bonchev–Trinajstić information content (AvgIpc) is 3.29. The highest BCUT2D eigenvalue weighted by atomic mass is 127. The van der Waals surface area contributed by atoms with Crippen molar-refractivity contribution in [3.63, 3.8) is 0 Å². The van der Waals surface area contributed by atoms with Crippen LogP contribution in [0.25, 0.3) is 0 Å². The van der Waals surface area contributed by atoms with Gasteiger partial charge in [-0.2, -0.15) is 0 Å². The van der Waals surface area contributed by atoms with Crippen molar-refractivity contribution in [3.8, 4) is 0 Å². The van der Waals surface area contributed by atoms with Crippen LogP contribution in [0.1, 0.15) is 35.7 Å². The van der Waals surface area contributed by atoms with Crippen LogP contribution >= 0.6 is 35.3 Å². The number of rotatable bonds is 7. The Labute approximate surface area is 200 Å². The zero-order valence-electron chi connectivity index (χ0n) is 17.6. The molecule has 164 valence electrons. The molecule has 1 aliphatic heterocycles. The van der Waals surface area contributed by atoms with Gasteiger partial charge in [0, 0.05) is 32.2 Å². The van der Waals surface area contributed by atoms with Crippen LogP contribution in [0.4, 0.5) is 5.00 Å². The van der Waals surface area contributed by atoms with E-state index in [1.165, 1.54) is 12.1 Å². The number of anilines is 1. The lowest BCUT2D eigenvalue weighted by atomic mass is 10.1. The van der Waals surface area contributed by atoms with Gasteiger partial charge < -0.3 is 20.3 Å². The largest absolute Gasteiger partial charge is 0.465 e. The molecule has 3 rings (SSSR count). The van der Waals surface area contributed by atoms with E-state index in [2.05, 4.69) is 40.0 Å². The molecule has 1 aromatic carbocycles. The second kappa shape index (κ2) is 12.8. The minimum absolute atomic E-state index is 0. The van der Waals surface area contributed by atoms with Crippen LogP contribution in [0.15, 0.2) is 46.8 Å². The molecular formula is C22H31IN4O2S. The maximum Gasteiger partial charge on any atom is 0.337 e. The fourth-order valence-corrected chi connectivity index (χ4v) is 4.21. The number of hydrogen-bond donors (Lipinski definition) is 2. The number of carbonyl (C=O) groups is 1. The summed E-state index contributed by atoms with van der Waals surface area (Å²) in [5.74, 6) is 0.576. The summed E-state index contributed by atoms with van der Waals surface area (Å²) in [5, 5.41) is 10.4. The van der Waals surface area contributed by atoms with E-state index in [-0.39, 0.29) is 29.9 Å². The van der Waals surface area contributed by atoms with Crippen LogP contribution in [0.3, 0.4) is 0 Å². The van der Waals surface area contributed by atoms with Gasteiger partial charge in [-0.3, -0.25) is 4.99 Å². The fourth-order valence-electron chi connectivity index (χ4n) is 3.43. The molecule has 1 aliphatic rings. The number of hydrogen-bond acceptors (Lipinski definition) is 5. The molecule has 1 aromatic heterocycles. The summed E-state index contributed by atoms with van der Waals surface area (Å²) >= 11 is 1.81. The Morgan fingerprint density at radius 1 is 1.23 bits per heavy atom. The van der Waals surface area contributed by atoms with Crippen molar-refractivity contribution in [2.24, 2.45) is 4.99 Å². The van der Waals surface area contributed by atoms with E-state index in [0.29, 0.717) is 18.2 Å². The lowest BCUT2D eigenvalue weighted by Crippen LogP contribution is -2.48. The Bertz CT molecular complexity index is 788. The molecule has 0 saturated carbocycles. The Balaban J connectivity index is 0.00000320. The van der Waals surface area contributed by atoms with Crippen LogP contribution in [0.2, 0.25) is 0 Å². The van der Waals surface area contributed by atoms with E-state index in [1.54, 1.807) is 12.1 Å². The third-order valence-electron chi connectivity index (χ3n) is 5.04. The molecule has 2 heterocycles. The number of aliphatic imine (C=N–C) groups is 1. The zero-order chi connectivity index (χ0) is 20.5. The second-order valence-corrected chi connectivity index (χ2v) is 7.98. The molecule has 8 heteroatoms. The van der Waals surface area contributed by atoms with Gasteiger partial charge in [0.05, 0.1) is 17.7 Å². The van der Waals surface area contributed by atoms with Gasteiger partial charge in [0.1, 0.15) is 0 Å². The first-order chi connectivity index (χ1) is 14.2. The Kier molecular flexibility index (Phi) is 10.4. The molecule has 30 heavy (non-hydrogen) atoms. The van der Waals surface area contributed by atoms with E-state index in [1.807, 2.05) is 23.5 Å². The minimum Gasteiger partial charge on any atom is -0.465 e. The first-order valence-electron chi connectivity index (χ1n) is 10.2. The number of carbonyl (C=O) groups excluding carboxylic acids is 1. The smallest absolute Gasteiger partial charge is 0.337 e. The standard InChI is InChI=1S/C22H30N4O2S.HI/c1-3-23-22(24-13-10-17-6-8-18(9-7-17)21(27)28-2)25-19-11-14-26(15-12-19)20-5-4-16-29-20;/h4-9,16,19H,3,10-15H2,1-2H3,(H2,23,24,25);1H. The molecule has 2 aromatic rings. The van der Waals surface area contributed by atoms with Gasteiger partial charge in [-0.05, 0) is 61.4 Å². The topological polar surface area (TPSA) is 66.0 Å². The molecule has 0 radical (unpaired) electrons. The average molecular weight is 542 g/mol. The van der Waals surface area contributed by atoms with Gasteiger partial charge in [-0.15, -0.1) is 35.3 Å². The molecule has 0 aliphatic carbocycles. The first kappa shape index (κ1) is 24.5. The highest BCUT2D eigenvalue weighted by Crippen LogP contribution is 2.24. The number of nitrogens with zero attached hydrogens (tertiary/aromatic N) is 2. The fraction of sp³-hybridized carbons (Fsp3) is 0.455. The van der Waals surface area contributed by atoms with Gasteiger partial charge in [-0.25, -0.2) is 4.79 Å². The molecule has 0 amide bonds. The molecular weight excluding hydrogens is 511 g/mol. The van der Waals surface area contributed by atoms with Crippen molar-refractivity contribution in [3.05, 3.63) is 52.9 Å². The lowest BCUT2D eigenvalue weighted by molar-refractivity contribution is 0.0600. The molecule has 0 bridgehead atoms. The van der Waals surface area contributed by atoms with Gasteiger partial charge in [0.2, 0.25) is 0 Å². The highest BCUT2D eigenvalue weighted by Gasteiger charge is 2.20. The predicted molar refractivity (Wildman–Crippen MR) is 136 cm³/mol. The van der Waals surface area contributed by atoms with Crippen molar-refractivity contribution < 1.29 is 9.53 Å². The Morgan fingerprint density at radius 3 is 2.57 bits per heavy atom. The summed E-state index contributed by atoms with van der Waals surface area (Å²) in [7, 11) is 1.40. The molecule has 0 spiro atoms. The molecule has 6 nitrogen and oxygen atoms in total. The third kappa shape index (κ3) is 7.16. The van der Waals surface area contributed by atoms with Crippen LogP contribution in [0.5, 0.6) is 0 Å². The first-order valence-corrected chi connectivity index (χ1v) is 11.1. The monoisotopic (exact) mass is 542 g/mol. The van der Waals surface area contributed by atoms with Gasteiger partial charge >= 0.3 is 5.97 Å². The van der Waals surface area contributed by atoms with Crippen molar-refractivity contribution in [1.29, 1.82) is 0 Å². The van der Waals surface area contributed by atoms with Gasteiger partial charge in [-0.1, -0.05) is 12.1 Å². The van der Waals surface area contributed by atoms with Gasteiger partial charge in [0.25, 0.3) is 0 Å². The SMILES string of the molecule is CCNC(=NCCc1ccc(C(=O)OC)cc1)NC1CCN(c2cccs2)CC1.I. The molecule has 1 fully saturated rings. The molecule has 0 unspecified atom stereocenters. The van der Waals surface area contributed by atoms with Crippen molar-refractivity contribution >= 4 is 52.2 Å². The van der Waals surface area contributed by atoms with Crippen molar-refractivity contribution in [2.75, 3.05) is 38.2 Å². The summed E-state index contributed by atoms with van der Waals surface area (Å²) in [6.07, 6.45) is 3.05. The number of benzene rings is 1. The van der Waals surface area contributed by atoms with Crippen molar-refractivity contribution in [2.45, 2.75) is 32.2 Å². The number of piperidine rings is 1. The van der Waals surface area contributed by atoms with Crippen molar-refractivity contribution in [1.82, 2.24) is 10.6 Å². The van der Waals surface area contributed by atoms with Crippen LogP contribution in [-0.4, -0.2) is 51.3 Å². The highest BCUT2D eigenvalue weighted by molar-refractivity contribution is 14.0. The predicted octanol–water partition coefficient (Wildman–Crippen LogP) is 3.92. The lowest BCUT2D eigenvalue weighted by Gasteiger charge is -2.33. The van der Waals surface area contributed by atoms with Crippen LogP contribution < -0.4 is 15.5 Å². The van der Waals surface area contributed by atoms with E-state index < -0.39 is 0 Å². The second-order valence-electron chi connectivity index (χ2n) is 7.06. The number of esters is 1. The molecule has 2 N–H and O–H groups in total. The Hall–Kier alpha value is -1.81. The molecule has 1 saturated heterocycles.